The molecule has 2 aliphatic heterocycles. The highest BCUT2D eigenvalue weighted by Crippen LogP contribution is 2.32. The van der Waals surface area contributed by atoms with Crippen molar-refractivity contribution in [2.24, 2.45) is 0 Å². The van der Waals surface area contributed by atoms with Crippen molar-refractivity contribution < 1.29 is 4.74 Å². The number of nitrogens with zero attached hydrogens (tertiary/aromatic N) is 2. The molecule has 1 aromatic heterocycles. The molecular weight excluding hydrogens is 454 g/mol. The van der Waals surface area contributed by atoms with E-state index < -0.39 is 0 Å². The Hall–Kier alpha value is -3.11. The standard InChI is InChI=1S/C12H14O.C11H17N.C10H12N2/c1-8(2)10-4-5-11-6-9(3)13-12(11)7-10;1-9(2)12-7-6-10-4-3-5-11(10)8-12;1-7(2)8-3-4-9-10(5-8)12-6-11-9/h4-5,7-8H,3,6H2,1-2H3;3,5,9H,4,6-8H2,1-2H3;3-7H,1-2H3,(H,11,12). The lowest BCUT2D eigenvalue weighted by Gasteiger charge is -2.31. The Morgan fingerprint density at radius 1 is 0.973 bits per heavy atom. The molecule has 0 bridgehead atoms. The van der Waals surface area contributed by atoms with Crippen LogP contribution in [0, 0.1) is 0 Å². The average molecular weight is 498 g/mol. The molecule has 3 aromatic rings. The van der Waals surface area contributed by atoms with E-state index >= 15 is 0 Å². The Balaban J connectivity index is 0.000000130. The Morgan fingerprint density at radius 2 is 1.70 bits per heavy atom. The number of aromatic amines is 1. The van der Waals surface area contributed by atoms with Gasteiger partial charge in [0.2, 0.25) is 0 Å². The number of nitrogens with one attached hydrogen (secondary N) is 1. The monoisotopic (exact) mass is 497 g/mol. The van der Waals surface area contributed by atoms with Crippen molar-refractivity contribution in [3.8, 4) is 5.75 Å². The number of aromatic nitrogens is 2. The minimum absolute atomic E-state index is 0.558. The molecule has 3 heterocycles. The van der Waals surface area contributed by atoms with Crippen LogP contribution in [0.2, 0.25) is 0 Å². The molecule has 0 fully saturated rings. The molecule has 0 radical (unpaired) electrons. The van der Waals surface area contributed by atoms with Crippen molar-refractivity contribution in [3.05, 3.63) is 95.1 Å². The van der Waals surface area contributed by atoms with Gasteiger partial charge in [-0.3, -0.25) is 4.90 Å². The van der Waals surface area contributed by atoms with Gasteiger partial charge in [0.1, 0.15) is 11.5 Å². The zero-order chi connectivity index (χ0) is 26.5. The summed E-state index contributed by atoms with van der Waals surface area (Å²) in [4.78, 5) is 9.82. The van der Waals surface area contributed by atoms with Gasteiger partial charge in [-0.15, -0.1) is 0 Å². The fraction of sp³-hybridized carbons (Fsp3) is 0.424. The van der Waals surface area contributed by atoms with Gasteiger partial charge in [-0.25, -0.2) is 4.98 Å². The molecular formula is C33H43N3O. The quantitative estimate of drug-likeness (QED) is 0.396. The molecule has 1 aliphatic carbocycles. The lowest BCUT2D eigenvalue weighted by Crippen LogP contribution is -2.36. The van der Waals surface area contributed by atoms with Crippen molar-refractivity contribution in [1.82, 2.24) is 14.9 Å². The summed E-state index contributed by atoms with van der Waals surface area (Å²) in [5.74, 6) is 2.99. The van der Waals surface area contributed by atoms with E-state index in [1.807, 2.05) is 0 Å². The van der Waals surface area contributed by atoms with E-state index in [4.69, 9.17) is 4.74 Å². The third-order valence-electron chi connectivity index (χ3n) is 7.45. The number of hydrogen-bond acceptors (Lipinski definition) is 3. The molecule has 3 aliphatic rings. The smallest absolute Gasteiger partial charge is 0.130 e. The van der Waals surface area contributed by atoms with Crippen molar-refractivity contribution >= 4 is 11.0 Å². The molecule has 0 amide bonds. The first-order chi connectivity index (χ1) is 17.7. The fourth-order valence-electron chi connectivity index (χ4n) is 4.92. The maximum Gasteiger partial charge on any atom is 0.130 e. The number of allylic oxidation sites excluding steroid dienone is 2. The summed E-state index contributed by atoms with van der Waals surface area (Å²) in [5.41, 5.74) is 9.39. The van der Waals surface area contributed by atoms with Crippen LogP contribution in [0.3, 0.4) is 0 Å². The third-order valence-corrected chi connectivity index (χ3v) is 7.45. The summed E-state index contributed by atoms with van der Waals surface area (Å²) >= 11 is 0. The zero-order valence-corrected chi connectivity index (χ0v) is 23.5. The van der Waals surface area contributed by atoms with Crippen LogP contribution in [0.15, 0.2) is 78.4 Å². The van der Waals surface area contributed by atoms with Crippen molar-refractivity contribution in [3.63, 3.8) is 0 Å². The summed E-state index contributed by atoms with van der Waals surface area (Å²) in [5, 5.41) is 0. The van der Waals surface area contributed by atoms with Crippen LogP contribution in [0.25, 0.3) is 11.0 Å². The molecule has 196 valence electrons. The van der Waals surface area contributed by atoms with Crippen LogP contribution < -0.4 is 4.74 Å². The fourth-order valence-corrected chi connectivity index (χ4v) is 4.92. The Kier molecular flexibility index (Phi) is 8.71. The molecule has 2 aromatic carbocycles. The summed E-state index contributed by atoms with van der Waals surface area (Å²) in [6, 6.07) is 13.5. The van der Waals surface area contributed by atoms with E-state index in [1.165, 1.54) is 42.6 Å². The third kappa shape index (κ3) is 6.81. The largest absolute Gasteiger partial charge is 0.462 e. The number of hydrogen-bond donors (Lipinski definition) is 1. The summed E-state index contributed by atoms with van der Waals surface area (Å²) < 4.78 is 5.50. The number of imidazole rings is 1. The summed E-state index contributed by atoms with van der Waals surface area (Å²) in [7, 11) is 0. The average Bonchev–Trinajstić information content (AvgIpc) is 3.61. The molecule has 0 atom stereocenters. The van der Waals surface area contributed by atoms with E-state index in [0.29, 0.717) is 17.9 Å². The highest BCUT2D eigenvalue weighted by molar-refractivity contribution is 5.75. The van der Waals surface area contributed by atoms with E-state index in [-0.39, 0.29) is 0 Å². The molecule has 4 nitrogen and oxygen atoms in total. The summed E-state index contributed by atoms with van der Waals surface area (Å²) in [6.07, 6.45) is 9.72. The number of H-pyrrole nitrogens is 1. The van der Waals surface area contributed by atoms with E-state index in [2.05, 4.69) is 112 Å². The molecule has 0 saturated carbocycles. The molecule has 0 spiro atoms. The van der Waals surface area contributed by atoms with E-state index in [9.17, 15) is 0 Å². The van der Waals surface area contributed by atoms with Gasteiger partial charge in [-0.05, 0) is 73.4 Å². The molecule has 0 unspecified atom stereocenters. The van der Waals surface area contributed by atoms with Crippen LogP contribution in [-0.2, 0) is 6.42 Å². The van der Waals surface area contributed by atoms with Crippen LogP contribution in [0.4, 0.5) is 0 Å². The number of benzene rings is 2. The second-order valence-corrected chi connectivity index (χ2v) is 11.2. The second-order valence-electron chi connectivity index (χ2n) is 11.2. The molecule has 37 heavy (non-hydrogen) atoms. The normalized spacial score (nSPS) is 16.5. The van der Waals surface area contributed by atoms with Gasteiger partial charge in [0.25, 0.3) is 0 Å². The van der Waals surface area contributed by atoms with Crippen molar-refractivity contribution in [1.29, 1.82) is 0 Å². The second kappa shape index (κ2) is 12.0. The van der Waals surface area contributed by atoms with Gasteiger partial charge in [0.05, 0.1) is 17.4 Å². The number of rotatable bonds is 3. The van der Waals surface area contributed by atoms with E-state index in [0.717, 1.165) is 29.0 Å². The van der Waals surface area contributed by atoms with Crippen LogP contribution >= 0.6 is 0 Å². The Morgan fingerprint density at radius 3 is 2.43 bits per heavy atom. The van der Waals surface area contributed by atoms with Gasteiger partial charge >= 0.3 is 0 Å². The number of ether oxygens (including phenoxy) is 1. The zero-order valence-electron chi connectivity index (χ0n) is 23.5. The minimum atomic E-state index is 0.558. The van der Waals surface area contributed by atoms with Crippen molar-refractivity contribution in [2.75, 3.05) is 13.1 Å². The predicted octanol–water partition coefficient (Wildman–Crippen LogP) is 8.30. The van der Waals surface area contributed by atoms with Gasteiger partial charge in [-0.2, -0.15) is 0 Å². The van der Waals surface area contributed by atoms with Gasteiger partial charge in [0, 0.05) is 31.1 Å². The molecule has 0 saturated heterocycles. The summed E-state index contributed by atoms with van der Waals surface area (Å²) in [6.45, 7) is 19.6. The van der Waals surface area contributed by atoms with Crippen LogP contribution in [0.1, 0.15) is 82.9 Å². The Bertz CT molecular complexity index is 1290. The maximum atomic E-state index is 5.50. The lowest BCUT2D eigenvalue weighted by atomic mass is 10.0. The first kappa shape index (κ1) is 26.9. The van der Waals surface area contributed by atoms with Crippen LogP contribution in [0.5, 0.6) is 5.75 Å². The number of fused-ring (bicyclic) bond motifs is 2. The molecule has 6 rings (SSSR count). The van der Waals surface area contributed by atoms with Crippen LogP contribution in [-0.4, -0.2) is 34.0 Å². The topological polar surface area (TPSA) is 41.1 Å². The van der Waals surface area contributed by atoms with Crippen molar-refractivity contribution in [2.45, 2.75) is 78.7 Å². The predicted molar refractivity (Wildman–Crippen MR) is 156 cm³/mol. The Labute approximate surface area is 223 Å². The van der Waals surface area contributed by atoms with E-state index in [1.54, 1.807) is 17.5 Å². The highest BCUT2D eigenvalue weighted by Gasteiger charge is 2.20. The SMILES string of the molecule is C=C1Cc2ccc(C(C)C)cc2O1.CC(C)N1CCC2=C(C=CC2)C1.CC(C)c1ccc2nc[nH]c2c1. The minimum Gasteiger partial charge on any atom is -0.462 e. The van der Waals surface area contributed by atoms with Gasteiger partial charge in [0.15, 0.2) is 0 Å². The van der Waals surface area contributed by atoms with Gasteiger partial charge in [-0.1, -0.05) is 70.2 Å². The highest BCUT2D eigenvalue weighted by atomic mass is 16.5. The maximum absolute atomic E-state index is 5.50. The lowest BCUT2D eigenvalue weighted by molar-refractivity contribution is 0.234. The first-order valence-electron chi connectivity index (χ1n) is 13.7. The molecule has 1 N–H and O–H groups in total. The van der Waals surface area contributed by atoms with Gasteiger partial charge < -0.3 is 9.72 Å². The first-order valence-corrected chi connectivity index (χ1v) is 13.7. The molecule has 4 heteroatoms.